The van der Waals surface area contributed by atoms with E-state index in [0.29, 0.717) is 19.0 Å². The second kappa shape index (κ2) is 8.28. The van der Waals surface area contributed by atoms with E-state index in [1.54, 1.807) is 6.33 Å². The minimum atomic E-state index is -0.0536. The van der Waals surface area contributed by atoms with Gasteiger partial charge in [0, 0.05) is 31.4 Å². The van der Waals surface area contributed by atoms with E-state index in [4.69, 9.17) is 0 Å². The van der Waals surface area contributed by atoms with Gasteiger partial charge in [0.1, 0.15) is 12.4 Å². The summed E-state index contributed by atoms with van der Waals surface area (Å²) in [5.74, 6) is 1.29. The third-order valence-corrected chi connectivity index (χ3v) is 3.78. The van der Waals surface area contributed by atoms with Gasteiger partial charge >= 0.3 is 0 Å². The molecule has 0 aliphatic heterocycles. The molecule has 3 rings (SSSR count). The SMILES string of the molecule is CCNc1nc(C)cc(NCCNC(=O)Cn2cnc3ccccc32)n1. The van der Waals surface area contributed by atoms with Crippen molar-refractivity contribution in [1.29, 1.82) is 0 Å². The number of hydrogen-bond donors (Lipinski definition) is 3. The Morgan fingerprint density at radius 3 is 2.85 bits per heavy atom. The Hall–Kier alpha value is -3.16. The monoisotopic (exact) mass is 353 g/mol. The number of aromatic nitrogens is 4. The van der Waals surface area contributed by atoms with Crippen molar-refractivity contribution in [2.45, 2.75) is 20.4 Å². The van der Waals surface area contributed by atoms with E-state index in [-0.39, 0.29) is 12.5 Å². The molecule has 2 aromatic heterocycles. The van der Waals surface area contributed by atoms with Gasteiger partial charge in [0.25, 0.3) is 0 Å². The van der Waals surface area contributed by atoms with Crippen LogP contribution in [0.5, 0.6) is 0 Å². The molecule has 1 amide bonds. The standard InChI is InChI=1S/C18H23N7O/c1-3-19-18-23-13(2)10-16(24-18)20-8-9-21-17(26)11-25-12-22-14-6-4-5-7-15(14)25/h4-7,10,12H,3,8-9,11H2,1-2H3,(H,21,26)(H2,19,20,23,24). The Labute approximate surface area is 152 Å². The van der Waals surface area contributed by atoms with Crippen LogP contribution in [0, 0.1) is 6.92 Å². The number of carbonyl (C=O) groups is 1. The topological polar surface area (TPSA) is 96.8 Å². The number of rotatable bonds is 8. The van der Waals surface area contributed by atoms with Crippen LogP contribution in [0.2, 0.25) is 0 Å². The number of anilines is 2. The van der Waals surface area contributed by atoms with Gasteiger partial charge in [-0.1, -0.05) is 12.1 Å². The average Bonchev–Trinajstić information content (AvgIpc) is 3.02. The van der Waals surface area contributed by atoms with Crippen molar-refractivity contribution >= 4 is 28.7 Å². The van der Waals surface area contributed by atoms with E-state index in [2.05, 4.69) is 30.9 Å². The molecule has 8 heteroatoms. The van der Waals surface area contributed by atoms with Gasteiger partial charge in [-0.25, -0.2) is 9.97 Å². The van der Waals surface area contributed by atoms with E-state index in [0.717, 1.165) is 29.1 Å². The van der Waals surface area contributed by atoms with Crippen molar-refractivity contribution in [1.82, 2.24) is 24.8 Å². The zero-order valence-corrected chi connectivity index (χ0v) is 15.0. The second-order valence-corrected chi connectivity index (χ2v) is 5.89. The summed E-state index contributed by atoms with van der Waals surface area (Å²) < 4.78 is 1.84. The van der Waals surface area contributed by atoms with E-state index in [1.807, 2.05) is 48.7 Å². The molecule has 1 aromatic carbocycles. The van der Waals surface area contributed by atoms with Crippen LogP contribution in [0.15, 0.2) is 36.7 Å². The maximum absolute atomic E-state index is 12.1. The first kappa shape index (κ1) is 17.7. The molecule has 0 aliphatic rings. The van der Waals surface area contributed by atoms with Gasteiger partial charge in [0.2, 0.25) is 11.9 Å². The van der Waals surface area contributed by atoms with E-state index in [9.17, 15) is 4.79 Å². The molecule has 0 fully saturated rings. The molecular formula is C18H23N7O. The summed E-state index contributed by atoms with van der Waals surface area (Å²) in [4.78, 5) is 25.1. The van der Waals surface area contributed by atoms with Crippen molar-refractivity contribution in [3.63, 3.8) is 0 Å². The highest BCUT2D eigenvalue weighted by atomic mass is 16.1. The summed E-state index contributed by atoms with van der Waals surface area (Å²) >= 11 is 0. The molecule has 0 aliphatic carbocycles. The maximum Gasteiger partial charge on any atom is 0.240 e. The molecule has 0 bridgehead atoms. The van der Waals surface area contributed by atoms with Gasteiger partial charge in [0.05, 0.1) is 17.4 Å². The Morgan fingerprint density at radius 1 is 1.15 bits per heavy atom. The van der Waals surface area contributed by atoms with Crippen molar-refractivity contribution in [3.8, 4) is 0 Å². The summed E-state index contributed by atoms with van der Waals surface area (Å²) in [6.45, 7) is 6.02. The zero-order valence-electron chi connectivity index (χ0n) is 15.0. The first-order valence-electron chi connectivity index (χ1n) is 8.65. The quantitative estimate of drug-likeness (QED) is 0.534. The van der Waals surface area contributed by atoms with E-state index < -0.39 is 0 Å². The van der Waals surface area contributed by atoms with Gasteiger partial charge < -0.3 is 20.5 Å². The molecule has 3 aromatic rings. The van der Waals surface area contributed by atoms with Crippen molar-refractivity contribution in [3.05, 3.63) is 42.4 Å². The van der Waals surface area contributed by atoms with Gasteiger partial charge in [-0.05, 0) is 26.0 Å². The highest BCUT2D eigenvalue weighted by Gasteiger charge is 2.06. The minimum absolute atomic E-state index is 0.0536. The lowest BCUT2D eigenvalue weighted by Crippen LogP contribution is -2.31. The molecular weight excluding hydrogens is 330 g/mol. The number of imidazole rings is 1. The zero-order chi connectivity index (χ0) is 18.4. The van der Waals surface area contributed by atoms with Gasteiger partial charge in [-0.15, -0.1) is 0 Å². The summed E-state index contributed by atoms with van der Waals surface area (Å²) in [6.07, 6.45) is 1.69. The normalized spacial score (nSPS) is 10.7. The number of fused-ring (bicyclic) bond motifs is 1. The summed E-state index contributed by atoms with van der Waals surface area (Å²) in [5, 5.41) is 9.20. The lowest BCUT2D eigenvalue weighted by atomic mass is 10.3. The van der Waals surface area contributed by atoms with Gasteiger partial charge in [0.15, 0.2) is 0 Å². The van der Waals surface area contributed by atoms with Crippen LogP contribution in [-0.2, 0) is 11.3 Å². The van der Waals surface area contributed by atoms with Crippen LogP contribution < -0.4 is 16.0 Å². The number of carbonyl (C=O) groups excluding carboxylic acids is 1. The summed E-state index contributed by atoms with van der Waals surface area (Å²) in [5.41, 5.74) is 2.72. The van der Waals surface area contributed by atoms with Crippen LogP contribution >= 0.6 is 0 Å². The Bertz CT molecular complexity index is 890. The number of para-hydroxylation sites is 2. The van der Waals surface area contributed by atoms with Crippen molar-refractivity contribution in [2.24, 2.45) is 0 Å². The van der Waals surface area contributed by atoms with Crippen molar-refractivity contribution < 1.29 is 4.79 Å². The number of nitrogens with one attached hydrogen (secondary N) is 3. The Morgan fingerprint density at radius 2 is 2.00 bits per heavy atom. The third kappa shape index (κ3) is 4.47. The first-order chi connectivity index (χ1) is 12.7. The number of benzene rings is 1. The van der Waals surface area contributed by atoms with Gasteiger partial charge in [-0.2, -0.15) is 4.98 Å². The molecule has 0 radical (unpaired) electrons. The average molecular weight is 353 g/mol. The van der Waals surface area contributed by atoms with Crippen LogP contribution in [0.3, 0.4) is 0 Å². The predicted octanol–water partition coefficient (Wildman–Crippen LogP) is 1.79. The molecule has 3 N–H and O–H groups in total. The lowest BCUT2D eigenvalue weighted by molar-refractivity contribution is -0.121. The molecule has 26 heavy (non-hydrogen) atoms. The third-order valence-electron chi connectivity index (χ3n) is 3.78. The molecule has 136 valence electrons. The Balaban J connectivity index is 1.47. The fraction of sp³-hybridized carbons (Fsp3) is 0.333. The smallest absolute Gasteiger partial charge is 0.240 e. The fourth-order valence-corrected chi connectivity index (χ4v) is 2.64. The number of amides is 1. The number of hydrogen-bond acceptors (Lipinski definition) is 6. The molecule has 2 heterocycles. The highest BCUT2D eigenvalue weighted by molar-refractivity contribution is 5.80. The Kier molecular flexibility index (Phi) is 5.62. The van der Waals surface area contributed by atoms with Crippen molar-refractivity contribution in [2.75, 3.05) is 30.3 Å². The largest absolute Gasteiger partial charge is 0.368 e. The summed E-state index contributed by atoms with van der Waals surface area (Å²) in [7, 11) is 0. The predicted molar refractivity (Wildman–Crippen MR) is 102 cm³/mol. The van der Waals surface area contributed by atoms with Crippen LogP contribution in [-0.4, -0.2) is 45.1 Å². The van der Waals surface area contributed by atoms with Crippen LogP contribution in [0.25, 0.3) is 11.0 Å². The number of aryl methyl sites for hydroxylation is 1. The van der Waals surface area contributed by atoms with Gasteiger partial charge in [-0.3, -0.25) is 4.79 Å². The molecule has 0 atom stereocenters. The lowest BCUT2D eigenvalue weighted by Gasteiger charge is -2.10. The molecule has 0 unspecified atom stereocenters. The van der Waals surface area contributed by atoms with E-state index in [1.165, 1.54) is 0 Å². The maximum atomic E-state index is 12.1. The molecule has 0 spiro atoms. The van der Waals surface area contributed by atoms with E-state index >= 15 is 0 Å². The number of nitrogens with zero attached hydrogens (tertiary/aromatic N) is 4. The molecule has 0 saturated heterocycles. The minimum Gasteiger partial charge on any atom is -0.368 e. The fourth-order valence-electron chi connectivity index (χ4n) is 2.64. The van der Waals surface area contributed by atoms with Crippen LogP contribution in [0.4, 0.5) is 11.8 Å². The van der Waals surface area contributed by atoms with Crippen LogP contribution in [0.1, 0.15) is 12.6 Å². The first-order valence-corrected chi connectivity index (χ1v) is 8.65. The highest BCUT2D eigenvalue weighted by Crippen LogP contribution is 2.11. The second-order valence-electron chi connectivity index (χ2n) is 5.89. The molecule has 0 saturated carbocycles. The summed E-state index contributed by atoms with van der Waals surface area (Å²) in [6, 6.07) is 9.63. The molecule has 8 nitrogen and oxygen atoms in total.